The average molecular weight is 489 g/mol. The van der Waals surface area contributed by atoms with Crippen molar-refractivity contribution in [3.05, 3.63) is 94.6 Å². The molecule has 0 aliphatic rings. The predicted molar refractivity (Wildman–Crippen MR) is 128 cm³/mol. The van der Waals surface area contributed by atoms with Crippen LogP contribution in [0.15, 0.2) is 60.7 Å². The van der Waals surface area contributed by atoms with Gasteiger partial charge in [-0.05, 0) is 66.9 Å². The van der Waals surface area contributed by atoms with Gasteiger partial charge in [0.1, 0.15) is 18.0 Å². The number of hydrogen-bond acceptors (Lipinski definition) is 4. The van der Waals surface area contributed by atoms with Crippen LogP contribution in [0.3, 0.4) is 0 Å². The number of rotatable bonds is 9. The van der Waals surface area contributed by atoms with Crippen molar-refractivity contribution in [2.24, 2.45) is 0 Å². The Bertz CT molecular complexity index is 1260. The summed E-state index contributed by atoms with van der Waals surface area (Å²) < 4.78 is 59.1. The molecule has 0 aromatic heterocycles. The Balaban J connectivity index is 1.61. The molecule has 180 valence electrons. The number of carbonyl (C=O) groups excluding carboxylic acids is 1. The first kappa shape index (κ1) is 25.2. The number of para-hydroxylation sites is 1. The maximum atomic E-state index is 14.2. The van der Waals surface area contributed by atoms with Gasteiger partial charge in [-0.3, -0.25) is 9.10 Å². The number of halogens is 2. The van der Waals surface area contributed by atoms with Gasteiger partial charge in [-0.15, -0.1) is 0 Å². The van der Waals surface area contributed by atoms with Gasteiger partial charge in [-0.25, -0.2) is 17.2 Å². The summed E-state index contributed by atoms with van der Waals surface area (Å²) in [5.74, 6) is -1.56. The van der Waals surface area contributed by atoms with Gasteiger partial charge in [0.05, 0.1) is 19.3 Å². The predicted octanol–water partition coefficient (Wildman–Crippen LogP) is 4.36. The fourth-order valence-electron chi connectivity index (χ4n) is 3.26. The Labute approximate surface area is 198 Å². The SMILES string of the molecule is Cc1ccc(OCCNC(=O)c2ccc(CN(c3c(F)cccc3F)S(C)(=O)=O)cc2)cc1C. The van der Waals surface area contributed by atoms with Crippen molar-refractivity contribution in [2.75, 3.05) is 23.7 Å². The van der Waals surface area contributed by atoms with Crippen LogP contribution >= 0.6 is 0 Å². The van der Waals surface area contributed by atoms with Crippen LogP contribution in [-0.2, 0) is 16.6 Å². The van der Waals surface area contributed by atoms with Crippen molar-refractivity contribution < 1.29 is 26.7 Å². The van der Waals surface area contributed by atoms with Crippen LogP contribution in [0.1, 0.15) is 27.0 Å². The zero-order valence-electron chi connectivity index (χ0n) is 19.1. The number of nitrogens with one attached hydrogen (secondary N) is 1. The number of carbonyl (C=O) groups is 1. The lowest BCUT2D eigenvalue weighted by Gasteiger charge is -2.23. The maximum absolute atomic E-state index is 14.2. The molecule has 9 heteroatoms. The molecule has 0 atom stereocenters. The zero-order chi connectivity index (χ0) is 24.9. The summed E-state index contributed by atoms with van der Waals surface area (Å²) in [6, 6.07) is 15.0. The van der Waals surface area contributed by atoms with Gasteiger partial charge in [0.25, 0.3) is 5.91 Å². The van der Waals surface area contributed by atoms with Crippen molar-refractivity contribution in [1.82, 2.24) is 5.32 Å². The number of sulfonamides is 1. The lowest BCUT2D eigenvalue weighted by atomic mass is 10.1. The first-order chi connectivity index (χ1) is 16.1. The highest BCUT2D eigenvalue weighted by Crippen LogP contribution is 2.27. The maximum Gasteiger partial charge on any atom is 0.251 e. The second-order valence-corrected chi connectivity index (χ2v) is 9.79. The van der Waals surface area contributed by atoms with Crippen LogP contribution in [-0.4, -0.2) is 33.7 Å². The third-order valence-corrected chi connectivity index (χ3v) is 6.38. The number of hydrogen-bond donors (Lipinski definition) is 1. The van der Waals surface area contributed by atoms with E-state index in [2.05, 4.69) is 5.32 Å². The molecule has 0 aliphatic heterocycles. The molecule has 0 fully saturated rings. The quantitative estimate of drug-likeness (QED) is 0.454. The summed E-state index contributed by atoms with van der Waals surface area (Å²) >= 11 is 0. The van der Waals surface area contributed by atoms with Crippen LogP contribution in [0.2, 0.25) is 0 Å². The van der Waals surface area contributed by atoms with Gasteiger partial charge < -0.3 is 10.1 Å². The Kier molecular flexibility index (Phi) is 7.88. The van der Waals surface area contributed by atoms with Gasteiger partial charge in [0, 0.05) is 5.56 Å². The van der Waals surface area contributed by atoms with E-state index in [4.69, 9.17) is 4.74 Å². The van der Waals surface area contributed by atoms with Crippen LogP contribution < -0.4 is 14.4 Å². The monoisotopic (exact) mass is 488 g/mol. The normalized spacial score (nSPS) is 11.2. The summed E-state index contributed by atoms with van der Waals surface area (Å²) in [6.07, 6.45) is 0.876. The smallest absolute Gasteiger partial charge is 0.251 e. The fraction of sp³-hybridized carbons (Fsp3) is 0.240. The summed E-state index contributed by atoms with van der Waals surface area (Å²) in [5, 5.41) is 2.75. The number of nitrogens with zero attached hydrogens (tertiary/aromatic N) is 1. The topological polar surface area (TPSA) is 75.7 Å². The number of amides is 1. The second kappa shape index (κ2) is 10.6. The van der Waals surface area contributed by atoms with E-state index in [-0.39, 0.29) is 12.5 Å². The van der Waals surface area contributed by atoms with Crippen LogP contribution in [0.4, 0.5) is 14.5 Å². The fourth-order valence-corrected chi connectivity index (χ4v) is 4.15. The summed E-state index contributed by atoms with van der Waals surface area (Å²) in [7, 11) is -3.97. The minimum absolute atomic E-state index is 0.289. The molecule has 1 amide bonds. The van der Waals surface area contributed by atoms with E-state index in [1.165, 1.54) is 29.8 Å². The minimum Gasteiger partial charge on any atom is -0.492 e. The second-order valence-electron chi connectivity index (χ2n) is 7.89. The number of aryl methyl sites for hydroxylation is 2. The summed E-state index contributed by atoms with van der Waals surface area (Å²) in [4.78, 5) is 12.4. The molecule has 0 spiro atoms. The average Bonchev–Trinajstić information content (AvgIpc) is 2.78. The third kappa shape index (κ3) is 6.32. The van der Waals surface area contributed by atoms with Crippen LogP contribution in [0, 0.1) is 25.5 Å². The zero-order valence-corrected chi connectivity index (χ0v) is 20.0. The van der Waals surface area contributed by atoms with Crippen molar-refractivity contribution in [3.8, 4) is 5.75 Å². The molecule has 0 unspecified atom stereocenters. The Morgan fingerprint density at radius 3 is 2.21 bits per heavy atom. The lowest BCUT2D eigenvalue weighted by molar-refractivity contribution is 0.0947. The standard InChI is InChI=1S/C25H26F2N2O4S/c1-17-7-12-21(15-18(17)2)33-14-13-28-25(30)20-10-8-19(9-11-20)16-29(34(3,31)32)24-22(26)5-4-6-23(24)27/h4-12,15H,13-14,16H2,1-3H3,(H,28,30). The van der Waals surface area contributed by atoms with Crippen molar-refractivity contribution in [2.45, 2.75) is 20.4 Å². The van der Waals surface area contributed by atoms with Crippen molar-refractivity contribution in [3.63, 3.8) is 0 Å². The first-order valence-electron chi connectivity index (χ1n) is 10.5. The van der Waals surface area contributed by atoms with E-state index in [1.807, 2.05) is 32.0 Å². The first-order valence-corrected chi connectivity index (χ1v) is 12.4. The molecule has 3 rings (SSSR count). The molecule has 6 nitrogen and oxygen atoms in total. The molecule has 34 heavy (non-hydrogen) atoms. The van der Waals surface area contributed by atoms with E-state index in [9.17, 15) is 22.0 Å². The Morgan fingerprint density at radius 1 is 0.971 bits per heavy atom. The van der Waals surface area contributed by atoms with E-state index < -0.39 is 27.3 Å². The van der Waals surface area contributed by atoms with Gasteiger partial charge >= 0.3 is 0 Å². The highest BCUT2D eigenvalue weighted by molar-refractivity contribution is 7.92. The van der Waals surface area contributed by atoms with Gasteiger partial charge in [0.15, 0.2) is 11.6 Å². The van der Waals surface area contributed by atoms with Crippen molar-refractivity contribution in [1.29, 1.82) is 0 Å². The molecular weight excluding hydrogens is 462 g/mol. The summed E-state index contributed by atoms with van der Waals surface area (Å²) in [5.41, 5.74) is 2.47. The Morgan fingerprint density at radius 2 is 1.62 bits per heavy atom. The molecular formula is C25H26F2N2O4S. The molecule has 0 radical (unpaired) electrons. The molecule has 0 saturated heterocycles. The number of anilines is 1. The lowest BCUT2D eigenvalue weighted by Crippen LogP contribution is -2.31. The Hall–Kier alpha value is -3.46. The van der Waals surface area contributed by atoms with E-state index >= 15 is 0 Å². The van der Waals surface area contributed by atoms with Gasteiger partial charge in [0.2, 0.25) is 10.0 Å². The van der Waals surface area contributed by atoms with Gasteiger partial charge in [-0.1, -0.05) is 24.3 Å². The number of ether oxygens (including phenoxy) is 1. The molecule has 0 saturated carbocycles. The molecule has 3 aromatic carbocycles. The molecule has 0 bridgehead atoms. The molecule has 3 aromatic rings. The van der Waals surface area contributed by atoms with E-state index in [1.54, 1.807) is 0 Å². The van der Waals surface area contributed by atoms with E-state index in [0.29, 0.717) is 28.6 Å². The largest absolute Gasteiger partial charge is 0.492 e. The highest BCUT2D eigenvalue weighted by Gasteiger charge is 2.24. The van der Waals surface area contributed by atoms with Crippen LogP contribution in [0.5, 0.6) is 5.75 Å². The van der Waals surface area contributed by atoms with Crippen LogP contribution in [0.25, 0.3) is 0 Å². The number of benzene rings is 3. The summed E-state index contributed by atoms with van der Waals surface area (Å²) in [6.45, 7) is 4.31. The van der Waals surface area contributed by atoms with Crippen molar-refractivity contribution >= 4 is 21.6 Å². The highest BCUT2D eigenvalue weighted by atomic mass is 32.2. The van der Waals surface area contributed by atoms with Gasteiger partial charge in [-0.2, -0.15) is 0 Å². The molecule has 0 heterocycles. The minimum atomic E-state index is -3.97. The molecule has 1 N–H and O–H groups in total. The van der Waals surface area contributed by atoms with E-state index in [0.717, 1.165) is 35.8 Å². The third-order valence-electron chi connectivity index (χ3n) is 5.26. The molecule has 0 aliphatic carbocycles.